The predicted octanol–water partition coefficient (Wildman–Crippen LogP) is 2.93. The van der Waals surface area contributed by atoms with Crippen LogP contribution in [0.5, 0.6) is 5.75 Å². The Morgan fingerprint density at radius 2 is 1.92 bits per heavy atom. The van der Waals surface area contributed by atoms with E-state index in [1.54, 1.807) is 23.1 Å². The Hall–Kier alpha value is -2.28. The molecule has 0 saturated carbocycles. The molecule has 7 nitrogen and oxygen atoms in total. The SMILES string of the molecule is COc1ccc(Cl)cc1NC(=O)/C=N\OCC(=O)N(C(C)C)C(C)C. The summed E-state index contributed by atoms with van der Waals surface area (Å²) in [6.07, 6.45) is 0.947. The van der Waals surface area contributed by atoms with Crippen LogP contribution in [0.25, 0.3) is 0 Å². The first-order chi connectivity index (χ1) is 11.8. The molecule has 0 aliphatic carbocycles. The third-order valence-electron chi connectivity index (χ3n) is 3.25. The summed E-state index contributed by atoms with van der Waals surface area (Å²) >= 11 is 5.89. The fraction of sp³-hybridized carbons (Fsp3) is 0.471. The van der Waals surface area contributed by atoms with Crippen molar-refractivity contribution in [2.75, 3.05) is 19.0 Å². The number of carbonyl (C=O) groups excluding carboxylic acids is 2. The molecule has 1 rings (SSSR count). The molecular formula is C17H24ClN3O4. The van der Waals surface area contributed by atoms with Crippen molar-refractivity contribution < 1.29 is 19.2 Å². The smallest absolute Gasteiger partial charge is 0.270 e. The lowest BCUT2D eigenvalue weighted by molar-refractivity contribution is -0.139. The quantitative estimate of drug-likeness (QED) is 0.564. The highest BCUT2D eigenvalue weighted by Crippen LogP contribution is 2.27. The largest absolute Gasteiger partial charge is 0.495 e. The van der Waals surface area contributed by atoms with E-state index in [4.69, 9.17) is 21.2 Å². The minimum atomic E-state index is -0.530. The van der Waals surface area contributed by atoms with Gasteiger partial charge in [0.05, 0.1) is 12.8 Å². The van der Waals surface area contributed by atoms with E-state index < -0.39 is 5.91 Å². The predicted molar refractivity (Wildman–Crippen MR) is 98.2 cm³/mol. The number of nitrogens with zero attached hydrogens (tertiary/aromatic N) is 2. The highest BCUT2D eigenvalue weighted by molar-refractivity contribution is 6.33. The van der Waals surface area contributed by atoms with E-state index in [2.05, 4.69) is 10.5 Å². The fourth-order valence-electron chi connectivity index (χ4n) is 2.37. The van der Waals surface area contributed by atoms with Gasteiger partial charge in [-0.1, -0.05) is 16.8 Å². The van der Waals surface area contributed by atoms with Gasteiger partial charge in [-0.2, -0.15) is 0 Å². The summed E-state index contributed by atoms with van der Waals surface area (Å²) in [5.74, 6) is -0.261. The molecule has 2 amide bonds. The molecule has 0 aliphatic rings. The van der Waals surface area contributed by atoms with Crippen molar-refractivity contribution in [3.63, 3.8) is 0 Å². The van der Waals surface area contributed by atoms with Crippen LogP contribution in [0, 0.1) is 0 Å². The molecule has 0 aliphatic heterocycles. The number of hydrogen-bond acceptors (Lipinski definition) is 5. The van der Waals surface area contributed by atoms with E-state index in [1.807, 2.05) is 27.7 Å². The minimum absolute atomic E-state index is 0.0543. The number of hydrogen-bond donors (Lipinski definition) is 1. The van der Waals surface area contributed by atoms with Crippen molar-refractivity contribution in [2.45, 2.75) is 39.8 Å². The first kappa shape index (κ1) is 20.8. The lowest BCUT2D eigenvalue weighted by Crippen LogP contribution is -2.43. The number of rotatable bonds is 8. The molecule has 0 heterocycles. The number of nitrogens with one attached hydrogen (secondary N) is 1. The Labute approximate surface area is 152 Å². The molecule has 25 heavy (non-hydrogen) atoms. The van der Waals surface area contributed by atoms with E-state index >= 15 is 0 Å². The maximum absolute atomic E-state index is 12.1. The topological polar surface area (TPSA) is 80.2 Å². The van der Waals surface area contributed by atoms with Crippen molar-refractivity contribution >= 4 is 35.3 Å². The molecule has 0 fully saturated rings. The average molecular weight is 370 g/mol. The molecule has 0 unspecified atom stereocenters. The summed E-state index contributed by atoms with van der Waals surface area (Å²) < 4.78 is 5.13. The molecule has 1 aromatic carbocycles. The summed E-state index contributed by atoms with van der Waals surface area (Å²) in [7, 11) is 1.48. The molecule has 0 aromatic heterocycles. The number of oxime groups is 1. The standard InChI is InChI=1S/C17H24ClN3O4/c1-11(2)21(12(3)4)17(23)10-25-19-9-16(22)20-14-8-13(18)6-7-15(14)24-5/h6-9,11-12H,10H2,1-5H3,(H,20,22)/b19-9-. The van der Waals surface area contributed by atoms with Gasteiger partial charge in [-0.25, -0.2) is 0 Å². The van der Waals surface area contributed by atoms with Gasteiger partial charge in [-0.15, -0.1) is 0 Å². The van der Waals surface area contributed by atoms with E-state index in [0.29, 0.717) is 16.5 Å². The number of benzene rings is 1. The molecule has 0 radical (unpaired) electrons. The first-order valence-electron chi connectivity index (χ1n) is 7.87. The Kier molecular flexibility index (Phi) is 8.21. The zero-order valence-corrected chi connectivity index (χ0v) is 15.8. The Morgan fingerprint density at radius 1 is 1.28 bits per heavy atom. The Bertz CT molecular complexity index is 624. The van der Waals surface area contributed by atoms with E-state index in [1.165, 1.54) is 7.11 Å². The zero-order valence-electron chi connectivity index (χ0n) is 15.1. The molecule has 1 N–H and O–H groups in total. The zero-order chi connectivity index (χ0) is 19.0. The van der Waals surface area contributed by atoms with Crippen molar-refractivity contribution in [3.8, 4) is 5.75 Å². The van der Waals surface area contributed by atoms with Crippen LogP contribution in [-0.2, 0) is 14.4 Å². The lowest BCUT2D eigenvalue weighted by atomic mass is 10.2. The van der Waals surface area contributed by atoms with Gasteiger partial charge in [0, 0.05) is 17.1 Å². The van der Waals surface area contributed by atoms with Crippen LogP contribution in [0.1, 0.15) is 27.7 Å². The molecule has 0 spiro atoms. The molecule has 1 aromatic rings. The van der Waals surface area contributed by atoms with Gasteiger partial charge in [0.25, 0.3) is 11.8 Å². The van der Waals surface area contributed by atoms with Crippen LogP contribution in [0.2, 0.25) is 5.02 Å². The maximum Gasteiger partial charge on any atom is 0.270 e. The molecule has 8 heteroatoms. The Balaban J connectivity index is 2.56. The molecule has 0 saturated heterocycles. The van der Waals surface area contributed by atoms with E-state index in [0.717, 1.165) is 6.21 Å². The van der Waals surface area contributed by atoms with Crippen molar-refractivity contribution in [2.24, 2.45) is 5.16 Å². The highest BCUT2D eigenvalue weighted by Gasteiger charge is 2.20. The molecule has 0 atom stereocenters. The molecule has 138 valence electrons. The van der Waals surface area contributed by atoms with Gasteiger partial charge in [-0.3, -0.25) is 9.59 Å². The average Bonchev–Trinajstić information content (AvgIpc) is 2.51. The summed E-state index contributed by atoms with van der Waals surface area (Å²) in [6.45, 7) is 7.46. The van der Waals surface area contributed by atoms with Gasteiger partial charge in [0.2, 0.25) is 0 Å². The van der Waals surface area contributed by atoms with Crippen LogP contribution in [0.4, 0.5) is 5.69 Å². The number of amides is 2. The third kappa shape index (κ3) is 6.62. The monoisotopic (exact) mass is 369 g/mol. The normalized spacial score (nSPS) is 11.0. The van der Waals surface area contributed by atoms with Gasteiger partial charge in [0.1, 0.15) is 12.0 Å². The third-order valence-corrected chi connectivity index (χ3v) is 3.49. The van der Waals surface area contributed by atoms with Gasteiger partial charge < -0.3 is 19.8 Å². The summed E-state index contributed by atoms with van der Waals surface area (Å²) in [5.41, 5.74) is 0.410. The van der Waals surface area contributed by atoms with Gasteiger partial charge >= 0.3 is 0 Å². The second kappa shape index (κ2) is 9.88. The molecule has 0 bridgehead atoms. The van der Waals surface area contributed by atoms with Crippen LogP contribution in [0.15, 0.2) is 23.4 Å². The lowest BCUT2D eigenvalue weighted by Gasteiger charge is -2.30. The number of carbonyl (C=O) groups is 2. The number of ether oxygens (including phenoxy) is 1. The van der Waals surface area contributed by atoms with Crippen molar-refractivity contribution in [1.29, 1.82) is 0 Å². The maximum atomic E-state index is 12.1. The van der Waals surface area contributed by atoms with Gasteiger partial charge in [0.15, 0.2) is 6.61 Å². The van der Waals surface area contributed by atoms with Crippen LogP contribution >= 0.6 is 11.6 Å². The fourth-order valence-corrected chi connectivity index (χ4v) is 2.54. The van der Waals surface area contributed by atoms with Crippen molar-refractivity contribution in [3.05, 3.63) is 23.2 Å². The number of methoxy groups -OCH3 is 1. The molecular weight excluding hydrogens is 346 g/mol. The van der Waals surface area contributed by atoms with Gasteiger partial charge in [-0.05, 0) is 45.9 Å². The second-order valence-corrected chi connectivity index (χ2v) is 6.27. The highest BCUT2D eigenvalue weighted by atomic mass is 35.5. The minimum Gasteiger partial charge on any atom is -0.495 e. The van der Waals surface area contributed by atoms with E-state index in [-0.39, 0.29) is 24.6 Å². The summed E-state index contributed by atoms with van der Waals surface area (Å²) in [4.78, 5) is 30.5. The van der Waals surface area contributed by atoms with Crippen LogP contribution < -0.4 is 10.1 Å². The van der Waals surface area contributed by atoms with Crippen LogP contribution in [0.3, 0.4) is 0 Å². The van der Waals surface area contributed by atoms with E-state index in [9.17, 15) is 9.59 Å². The van der Waals surface area contributed by atoms with Crippen LogP contribution in [-0.4, -0.2) is 48.7 Å². The number of anilines is 1. The summed E-state index contributed by atoms with van der Waals surface area (Å²) in [6, 6.07) is 4.95. The second-order valence-electron chi connectivity index (χ2n) is 5.83. The Morgan fingerprint density at radius 3 is 2.48 bits per heavy atom. The summed E-state index contributed by atoms with van der Waals surface area (Å²) in [5, 5.41) is 6.56. The first-order valence-corrected chi connectivity index (χ1v) is 8.25. The van der Waals surface area contributed by atoms with Crippen molar-refractivity contribution in [1.82, 2.24) is 4.90 Å². The number of halogens is 1.